The summed E-state index contributed by atoms with van der Waals surface area (Å²) in [4.78, 5) is 40.1. The topological polar surface area (TPSA) is 172 Å². The van der Waals surface area contributed by atoms with Crippen molar-refractivity contribution >= 4 is 39.8 Å². The molecule has 13 heteroatoms. The number of aliphatic imine (C=N–C) groups is 1. The van der Waals surface area contributed by atoms with Crippen molar-refractivity contribution in [1.82, 2.24) is 10.6 Å². The van der Waals surface area contributed by atoms with Gasteiger partial charge in [0.25, 0.3) is 0 Å². The quantitative estimate of drug-likeness (QED) is 0.304. The maximum atomic E-state index is 12.8. The van der Waals surface area contributed by atoms with Crippen LogP contribution in [0.1, 0.15) is 66.4 Å². The van der Waals surface area contributed by atoms with Crippen molar-refractivity contribution in [2.75, 3.05) is 4.72 Å². The number of aliphatic carboxylic acids is 1. The van der Waals surface area contributed by atoms with Crippen LogP contribution in [-0.4, -0.2) is 54.1 Å². The molecule has 0 radical (unpaired) electrons. The largest absolute Gasteiger partial charge is 0.478 e. The number of carbonyl (C=O) groups is 3. The number of carboxylic acid groups (broad SMARTS) is 1. The Morgan fingerprint density at radius 2 is 1.50 bits per heavy atom. The van der Waals surface area contributed by atoms with Gasteiger partial charge in [0.2, 0.25) is 16.0 Å². The minimum Gasteiger partial charge on any atom is -0.478 e. The van der Waals surface area contributed by atoms with E-state index in [2.05, 4.69) is 20.3 Å². The van der Waals surface area contributed by atoms with Gasteiger partial charge in [0, 0.05) is 5.69 Å². The number of nitrogens with zero attached hydrogens (tertiary/aromatic N) is 1. The van der Waals surface area contributed by atoms with Gasteiger partial charge in [0.15, 0.2) is 0 Å². The number of carboxylic acids is 1. The lowest BCUT2D eigenvalue weighted by Gasteiger charge is -2.22. The lowest BCUT2D eigenvalue weighted by atomic mass is 9.99. The second kappa shape index (κ2) is 12.3. The van der Waals surface area contributed by atoms with Crippen molar-refractivity contribution in [2.45, 2.75) is 83.8 Å². The average Bonchev–Trinajstić information content (AvgIpc) is 2.75. The number of carbonyl (C=O) groups excluding carboxylic acids is 2. The Balaban J connectivity index is 2.14. The highest BCUT2D eigenvalue weighted by molar-refractivity contribution is 7.93. The molecule has 1 unspecified atom stereocenters. The molecule has 0 fully saturated rings. The van der Waals surface area contributed by atoms with Crippen LogP contribution in [0.4, 0.5) is 15.3 Å². The Hall–Kier alpha value is -3.61. The van der Waals surface area contributed by atoms with Gasteiger partial charge >= 0.3 is 18.2 Å². The lowest BCUT2D eigenvalue weighted by molar-refractivity contribution is -0.132. The Morgan fingerprint density at radius 3 is 1.97 bits per heavy atom. The van der Waals surface area contributed by atoms with Crippen LogP contribution in [0.5, 0.6) is 0 Å². The van der Waals surface area contributed by atoms with E-state index >= 15 is 0 Å². The molecule has 0 saturated heterocycles. The fraction of sp³-hybridized carbons (Fsp3) is 0.520. The molecule has 0 bridgehead atoms. The first-order chi connectivity index (χ1) is 17.4. The van der Waals surface area contributed by atoms with E-state index in [9.17, 15) is 27.9 Å². The molecule has 0 spiro atoms. The molecule has 1 atom stereocenters. The smallest absolute Gasteiger partial charge is 0.414 e. The molecule has 1 aliphatic rings. The second-order valence-electron chi connectivity index (χ2n) is 10.6. The van der Waals surface area contributed by atoms with Crippen LogP contribution in [0.3, 0.4) is 0 Å². The predicted molar refractivity (Wildman–Crippen MR) is 142 cm³/mol. The molecule has 1 aromatic carbocycles. The molecule has 0 aromatic heterocycles. The molecule has 1 aliphatic carbocycles. The van der Waals surface area contributed by atoms with Crippen LogP contribution in [0.15, 0.2) is 40.9 Å². The number of alkyl carbamates (subject to hydrolysis) is 2. The molecule has 0 heterocycles. The second-order valence-corrected chi connectivity index (χ2v) is 12.5. The summed E-state index contributed by atoms with van der Waals surface area (Å²) in [6.07, 6.45) is 1.12. The first-order valence-corrected chi connectivity index (χ1v) is 13.6. The Labute approximate surface area is 222 Å². The molecule has 38 heavy (non-hydrogen) atoms. The van der Waals surface area contributed by atoms with Crippen molar-refractivity contribution in [3.8, 4) is 0 Å². The van der Waals surface area contributed by atoms with Gasteiger partial charge in [-0.3, -0.25) is 15.4 Å². The first-order valence-electron chi connectivity index (χ1n) is 12.0. The highest BCUT2D eigenvalue weighted by Crippen LogP contribution is 2.26. The van der Waals surface area contributed by atoms with Crippen LogP contribution < -0.4 is 15.4 Å². The third-order valence-corrected chi connectivity index (χ3v) is 6.63. The van der Waals surface area contributed by atoms with Gasteiger partial charge in [0.05, 0.1) is 12.1 Å². The zero-order chi connectivity index (χ0) is 28.7. The van der Waals surface area contributed by atoms with Gasteiger partial charge in [-0.25, -0.2) is 27.8 Å². The Kier molecular flexibility index (Phi) is 9.90. The fourth-order valence-electron chi connectivity index (χ4n) is 3.39. The highest BCUT2D eigenvalue weighted by atomic mass is 32.2. The van der Waals surface area contributed by atoms with Crippen molar-refractivity contribution in [3.63, 3.8) is 0 Å². The zero-order valence-corrected chi connectivity index (χ0v) is 23.3. The summed E-state index contributed by atoms with van der Waals surface area (Å²) in [5, 5.41) is 13.0. The van der Waals surface area contributed by atoms with Crippen LogP contribution in [-0.2, 0) is 30.8 Å². The van der Waals surface area contributed by atoms with E-state index in [4.69, 9.17) is 9.47 Å². The molecule has 4 N–H and O–H groups in total. The minimum atomic E-state index is -3.98. The minimum absolute atomic E-state index is 0.0164. The first kappa shape index (κ1) is 30.6. The molecule has 2 amide bonds. The van der Waals surface area contributed by atoms with Gasteiger partial charge in [-0.05, 0) is 78.5 Å². The number of ether oxygens (including phenoxy) is 2. The summed E-state index contributed by atoms with van der Waals surface area (Å²) in [5.74, 6) is -1.44. The van der Waals surface area contributed by atoms with E-state index in [0.717, 1.165) is 0 Å². The fourth-order valence-corrected chi connectivity index (χ4v) is 5.01. The summed E-state index contributed by atoms with van der Waals surface area (Å²) in [6, 6.07) is 6.23. The SMILES string of the molecule is CC(C)(C)OC(=O)NC(=NCc1ccc(NS(=O)(=O)C2CCCC=C2C(=O)O)cc1)NC(=O)OC(C)(C)C. The molecular weight excluding hydrogens is 516 g/mol. The standard InChI is InChI=1S/C25H36N4O8S/c1-24(2,3)36-22(32)27-21(28-23(33)37-25(4,5)6)26-15-16-11-13-17(14-12-16)29-38(34,35)19-10-8-7-9-18(19)20(30)31/h9,11-14,19,29H,7-8,10,15H2,1-6H3,(H,30,31)(H2,26,27,28,32,33). The molecule has 2 rings (SSSR count). The number of amides is 2. The summed E-state index contributed by atoms with van der Waals surface area (Å²) in [5.41, 5.74) is -0.790. The van der Waals surface area contributed by atoms with Gasteiger partial charge < -0.3 is 14.6 Å². The molecule has 1 aromatic rings. The number of sulfonamides is 1. The van der Waals surface area contributed by atoms with Crippen LogP contribution in [0.25, 0.3) is 0 Å². The maximum Gasteiger partial charge on any atom is 0.414 e. The highest BCUT2D eigenvalue weighted by Gasteiger charge is 2.34. The number of hydrogen-bond acceptors (Lipinski definition) is 8. The van der Waals surface area contributed by atoms with Gasteiger partial charge in [-0.2, -0.15) is 0 Å². The van der Waals surface area contributed by atoms with E-state index in [1.165, 1.54) is 18.2 Å². The number of guanidine groups is 1. The van der Waals surface area contributed by atoms with Crippen molar-refractivity contribution in [2.24, 2.45) is 4.99 Å². The average molecular weight is 553 g/mol. The summed E-state index contributed by atoms with van der Waals surface area (Å²) in [6.45, 7) is 10.1. The third-order valence-electron chi connectivity index (χ3n) is 4.88. The van der Waals surface area contributed by atoms with Gasteiger partial charge in [0.1, 0.15) is 16.5 Å². The van der Waals surface area contributed by atoms with E-state index < -0.39 is 44.6 Å². The molecule has 0 aliphatic heterocycles. The number of benzene rings is 1. The van der Waals surface area contributed by atoms with Crippen molar-refractivity contribution in [3.05, 3.63) is 41.5 Å². The lowest BCUT2D eigenvalue weighted by Crippen LogP contribution is -2.47. The van der Waals surface area contributed by atoms with Gasteiger partial charge in [-0.15, -0.1) is 0 Å². The van der Waals surface area contributed by atoms with Crippen molar-refractivity contribution in [1.29, 1.82) is 0 Å². The Morgan fingerprint density at radius 1 is 0.974 bits per heavy atom. The molecule has 12 nitrogen and oxygen atoms in total. The zero-order valence-electron chi connectivity index (χ0n) is 22.5. The van der Waals surface area contributed by atoms with E-state index in [0.29, 0.717) is 18.4 Å². The van der Waals surface area contributed by atoms with Crippen LogP contribution in [0, 0.1) is 0 Å². The number of nitrogens with one attached hydrogen (secondary N) is 3. The number of hydrogen-bond donors (Lipinski definition) is 4. The number of rotatable bonds is 6. The van der Waals surface area contributed by atoms with E-state index in [-0.39, 0.29) is 30.2 Å². The van der Waals surface area contributed by atoms with E-state index in [1.807, 2.05) is 0 Å². The monoisotopic (exact) mass is 552 g/mol. The summed E-state index contributed by atoms with van der Waals surface area (Å²) in [7, 11) is -3.98. The Bertz CT molecular complexity index is 1160. The van der Waals surface area contributed by atoms with Crippen LogP contribution >= 0.6 is 0 Å². The summed E-state index contributed by atoms with van der Waals surface area (Å²) < 4.78 is 38.5. The number of anilines is 1. The number of allylic oxidation sites excluding steroid dienone is 1. The maximum absolute atomic E-state index is 12.8. The molecular formula is C25H36N4O8S. The third kappa shape index (κ3) is 10.4. The predicted octanol–water partition coefficient (Wildman–Crippen LogP) is 3.90. The van der Waals surface area contributed by atoms with Gasteiger partial charge in [-0.1, -0.05) is 18.2 Å². The van der Waals surface area contributed by atoms with E-state index in [1.54, 1.807) is 53.7 Å². The molecule has 0 saturated carbocycles. The van der Waals surface area contributed by atoms with Crippen molar-refractivity contribution < 1.29 is 37.4 Å². The summed E-state index contributed by atoms with van der Waals surface area (Å²) >= 11 is 0. The van der Waals surface area contributed by atoms with Crippen LogP contribution in [0.2, 0.25) is 0 Å². The molecule has 210 valence electrons. The normalized spacial score (nSPS) is 15.9.